The minimum Gasteiger partial charge on any atom is -0.466 e. The molecule has 3 N–H and O–H groups in total. The van der Waals surface area contributed by atoms with E-state index in [0.717, 1.165) is 29.0 Å². The van der Waals surface area contributed by atoms with Gasteiger partial charge in [-0.05, 0) is 48.9 Å². The highest BCUT2D eigenvalue weighted by Crippen LogP contribution is 2.37. The quantitative estimate of drug-likeness (QED) is 0.452. The number of methoxy groups -OCH3 is 1. The molecule has 8 nitrogen and oxygen atoms in total. The third-order valence-corrected chi connectivity index (χ3v) is 5.94. The maximum atomic E-state index is 13.3. The Kier molecular flexibility index (Phi) is 9.09. The Bertz CT molecular complexity index is 1100. The zero-order valence-corrected chi connectivity index (χ0v) is 20.9. The van der Waals surface area contributed by atoms with Gasteiger partial charge in [-0.2, -0.15) is 18.4 Å². The third kappa shape index (κ3) is 6.22. The number of nitrogens with one attached hydrogen (secondary N) is 1. The van der Waals surface area contributed by atoms with Crippen molar-refractivity contribution in [2.75, 3.05) is 12.0 Å². The zero-order chi connectivity index (χ0) is 26.5. The summed E-state index contributed by atoms with van der Waals surface area (Å²) in [7, 11) is 1.14. The number of hydrogen-bond donors (Lipinski definition) is 2. The number of nitrogens with two attached hydrogens (primary N) is 1. The van der Waals surface area contributed by atoms with Crippen molar-refractivity contribution in [2.45, 2.75) is 38.9 Å². The average Bonchev–Trinajstić information content (AvgIpc) is 2.77. The first-order valence-corrected chi connectivity index (χ1v) is 11.4. The number of urea groups is 1. The minimum absolute atomic E-state index is 0.0175. The van der Waals surface area contributed by atoms with Crippen LogP contribution in [-0.2, 0) is 15.7 Å². The fourth-order valence-corrected chi connectivity index (χ4v) is 4.46. The van der Waals surface area contributed by atoms with Crippen LogP contribution in [-0.4, -0.2) is 36.0 Å². The van der Waals surface area contributed by atoms with Gasteiger partial charge in [0.05, 0.1) is 36.3 Å². The molecule has 0 bridgehead atoms. The summed E-state index contributed by atoms with van der Waals surface area (Å²) in [6.45, 7) is 3.28. The molecule has 0 radical (unpaired) electrons. The number of nitrogens with zero attached hydrogens (tertiary/aromatic N) is 3. The fourth-order valence-electron chi connectivity index (χ4n) is 4.09. The first-order chi connectivity index (χ1) is 16.4. The summed E-state index contributed by atoms with van der Waals surface area (Å²) in [5, 5.41) is 18.0. The number of hydrogen-bond acceptors (Lipinski definition) is 5. The van der Waals surface area contributed by atoms with Crippen molar-refractivity contribution in [3.8, 4) is 6.07 Å². The standard InChI is InChI=1S/C23H25BrF3N5O3/c1-13(9-15(12-28)7-8-24)10-18-19(20(33)35-3)14(2)31(21(29)32(18)22(30)34)17-6-4-5-16(11-17)23(25,26)27/h4-8,11,13,15,18,29H,9-10H2,1-3H3,(H2,30,34). The number of alkyl halides is 3. The molecule has 0 aromatic heterocycles. The molecule has 1 heterocycles. The number of rotatable bonds is 7. The molecule has 0 saturated carbocycles. The fraction of sp³-hybridized carbons (Fsp3) is 0.391. The molecule has 0 aliphatic carbocycles. The number of halogens is 4. The number of guanidine groups is 1. The monoisotopic (exact) mass is 555 g/mol. The lowest BCUT2D eigenvalue weighted by atomic mass is 9.86. The van der Waals surface area contributed by atoms with Gasteiger partial charge >= 0.3 is 18.2 Å². The van der Waals surface area contributed by atoms with Gasteiger partial charge in [-0.15, -0.1) is 0 Å². The summed E-state index contributed by atoms with van der Waals surface area (Å²) >= 11 is 3.13. The molecule has 3 atom stereocenters. The lowest BCUT2D eigenvalue weighted by Gasteiger charge is -2.43. The topological polar surface area (TPSA) is 124 Å². The number of esters is 1. The van der Waals surface area contributed by atoms with Gasteiger partial charge in [-0.1, -0.05) is 35.0 Å². The summed E-state index contributed by atoms with van der Waals surface area (Å²) in [6.07, 6.45) is -2.44. The third-order valence-electron chi connectivity index (χ3n) is 5.64. The van der Waals surface area contributed by atoms with E-state index in [1.165, 1.54) is 19.1 Å². The van der Waals surface area contributed by atoms with Crippen LogP contribution in [0, 0.1) is 28.6 Å². The van der Waals surface area contributed by atoms with Gasteiger partial charge in [0.1, 0.15) is 0 Å². The first-order valence-electron chi connectivity index (χ1n) is 10.5. The van der Waals surface area contributed by atoms with Crippen molar-refractivity contribution in [1.29, 1.82) is 10.7 Å². The van der Waals surface area contributed by atoms with Gasteiger partial charge < -0.3 is 10.5 Å². The van der Waals surface area contributed by atoms with Crippen LogP contribution in [0.2, 0.25) is 0 Å². The van der Waals surface area contributed by atoms with Gasteiger partial charge in [-0.25, -0.2) is 9.59 Å². The Balaban J connectivity index is 2.63. The van der Waals surface area contributed by atoms with Crippen molar-refractivity contribution in [3.05, 3.63) is 52.2 Å². The van der Waals surface area contributed by atoms with Crippen LogP contribution in [0.1, 0.15) is 32.3 Å². The molecule has 2 rings (SSSR count). The Morgan fingerprint density at radius 2 is 2.06 bits per heavy atom. The molecule has 3 unspecified atom stereocenters. The summed E-state index contributed by atoms with van der Waals surface area (Å²) in [5.74, 6) is -1.97. The molecular formula is C23H25BrF3N5O3. The van der Waals surface area contributed by atoms with E-state index >= 15 is 0 Å². The maximum Gasteiger partial charge on any atom is 0.416 e. The summed E-state index contributed by atoms with van der Waals surface area (Å²) in [5.41, 5.74) is 4.66. The molecule has 188 valence electrons. The van der Waals surface area contributed by atoms with Crippen LogP contribution in [0.3, 0.4) is 0 Å². The second-order valence-corrected chi connectivity index (χ2v) is 8.58. The highest BCUT2D eigenvalue weighted by atomic mass is 79.9. The number of carbonyl (C=O) groups is 2. The molecule has 2 amide bonds. The maximum absolute atomic E-state index is 13.3. The summed E-state index contributed by atoms with van der Waals surface area (Å²) in [4.78, 5) is 28.8. The molecule has 35 heavy (non-hydrogen) atoms. The smallest absolute Gasteiger partial charge is 0.416 e. The normalized spacial score (nSPS) is 18.5. The second kappa shape index (κ2) is 11.4. The zero-order valence-electron chi connectivity index (χ0n) is 19.3. The van der Waals surface area contributed by atoms with E-state index in [-0.39, 0.29) is 29.3 Å². The predicted molar refractivity (Wildman–Crippen MR) is 127 cm³/mol. The van der Waals surface area contributed by atoms with Crippen molar-refractivity contribution in [2.24, 2.45) is 17.6 Å². The summed E-state index contributed by atoms with van der Waals surface area (Å²) < 4.78 is 44.9. The minimum atomic E-state index is -4.64. The SMILES string of the molecule is COC(=O)C1=C(C)N(c2cccc(C(F)(F)F)c2)C(=N)N(C(N)=O)C1CC(C)CC(C#N)C=CBr. The van der Waals surface area contributed by atoms with Crippen LogP contribution >= 0.6 is 15.9 Å². The average molecular weight is 556 g/mol. The molecule has 12 heteroatoms. The van der Waals surface area contributed by atoms with Gasteiger partial charge in [0.15, 0.2) is 0 Å². The van der Waals surface area contributed by atoms with Crippen LogP contribution in [0.4, 0.5) is 23.7 Å². The Labute approximate surface area is 209 Å². The van der Waals surface area contributed by atoms with Crippen LogP contribution in [0.5, 0.6) is 0 Å². The largest absolute Gasteiger partial charge is 0.466 e. The number of carbonyl (C=O) groups excluding carboxylic acids is 2. The van der Waals surface area contributed by atoms with Gasteiger partial charge in [-0.3, -0.25) is 15.2 Å². The Hall–Kier alpha value is -3.33. The van der Waals surface area contributed by atoms with Gasteiger partial charge in [0, 0.05) is 11.4 Å². The van der Waals surface area contributed by atoms with E-state index in [9.17, 15) is 28.0 Å². The van der Waals surface area contributed by atoms with E-state index in [4.69, 9.17) is 15.9 Å². The van der Waals surface area contributed by atoms with E-state index in [0.29, 0.717) is 6.42 Å². The highest BCUT2D eigenvalue weighted by molar-refractivity contribution is 9.11. The first kappa shape index (κ1) is 27.9. The molecule has 0 fully saturated rings. The number of benzene rings is 1. The van der Waals surface area contributed by atoms with E-state index in [2.05, 4.69) is 22.0 Å². The van der Waals surface area contributed by atoms with Crippen LogP contribution in [0.25, 0.3) is 0 Å². The van der Waals surface area contributed by atoms with Crippen LogP contribution in [0.15, 0.2) is 46.6 Å². The molecule has 1 aliphatic heterocycles. The lowest BCUT2D eigenvalue weighted by Crippen LogP contribution is -2.59. The van der Waals surface area contributed by atoms with Gasteiger partial charge in [0.25, 0.3) is 0 Å². The number of amides is 2. The second-order valence-electron chi connectivity index (χ2n) is 8.05. The Morgan fingerprint density at radius 3 is 2.57 bits per heavy atom. The van der Waals surface area contributed by atoms with E-state index in [1.807, 2.05) is 6.92 Å². The molecule has 1 aromatic rings. The number of ether oxygens (including phenoxy) is 1. The van der Waals surface area contributed by atoms with Crippen molar-refractivity contribution in [1.82, 2.24) is 4.90 Å². The summed E-state index contributed by atoms with van der Waals surface area (Å²) in [6, 6.07) is 4.26. The molecule has 1 aliphatic rings. The predicted octanol–water partition coefficient (Wildman–Crippen LogP) is 5.12. The molecule has 0 saturated heterocycles. The van der Waals surface area contributed by atoms with Crippen molar-refractivity contribution in [3.63, 3.8) is 0 Å². The highest BCUT2D eigenvalue weighted by Gasteiger charge is 2.43. The number of allylic oxidation sites excluding steroid dienone is 2. The van der Waals surface area contributed by atoms with E-state index < -0.39 is 41.7 Å². The van der Waals surface area contributed by atoms with Crippen molar-refractivity contribution < 1.29 is 27.5 Å². The van der Waals surface area contributed by atoms with Crippen molar-refractivity contribution >= 4 is 39.6 Å². The molecule has 0 spiro atoms. The van der Waals surface area contributed by atoms with Gasteiger partial charge in [0.2, 0.25) is 5.96 Å². The van der Waals surface area contributed by atoms with E-state index in [1.54, 1.807) is 11.1 Å². The molecular weight excluding hydrogens is 531 g/mol. The number of nitriles is 1. The molecule has 1 aromatic carbocycles. The number of anilines is 1. The number of primary amides is 1. The Morgan fingerprint density at radius 1 is 1.40 bits per heavy atom. The lowest BCUT2D eigenvalue weighted by molar-refractivity contribution is -0.138. The van der Waals surface area contributed by atoms with Crippen LogP contribution < -0.4 is 10.6 Å².